The minimum Gasteiger partial charge on any atom is -0.376 e. The van der Waals surface area contributed by atoms with Crippen molar-refractivity contribution in [1.29, 1.82) is 0 Å². The molecule has 0 bridgehead atoms. The monoisotopic (exact) mass is 906 g/mol. The molecule has 0 spiro atoms. The first-order valence-corrected chi connectivity index (χ1v) is 26.7. The van der Waals surface area contributed by atoms with Gasteiger partial charge in [0.1, 0.15) is 18.1 Å². The van der Waals surface area contributed by atoms with Crippen molar-refractivity contribution in [3.63, 3.8) is 0 Å². The highest BCUT2D eigenvalue weighted by Gasteiger charge is 2.35. The normalized spacial score (nSPS) is 25.4. The average Bonchev–Trinajstić information content (AvgIpc) is 3.89. The van der Waals surface area contributed by atoms with E-state index in [0.29, 0.717) is 5.92 Å². The van der Waals surface area contributed by atoms with Gasteiger partial charge < -0.3 is 35.4 Å². The summed E-state index contributed by atoms with van der Waals surface area (Å²) in [5.74, 6) is 2.19. The van der Waals surface area contributed by atoms with Gasteiger partial charge in [-0.05, 0) is 142 Å². The summed E-state index contributed by atoms with van der Waals surface area (Å²) >= 11 is 5.12. The number of fused-ring (bicyclic) bond motifs is 3. The summed E-state index contributed by atoms with van der Waals surface area (Å²) < 4.78 is 5.91. The zero-order valence-corrected chi connectivity index (χ0v) is 40.3. The number of ether oxygens (including phenoxy) is 1. The van der Waals surface area contributed by atoms with E-state index in [0.717, 1.165) is 83.9 Å². The molecule has 3 aromatic rings. The molecule has 6 aliphatic rings. The first-order valence-electron chi connectivity index (χ1n) is 24.1. The maximum absolute atomic E-state index is 12.9. The van der Waals surface area contributed by atoms with Crippen LogP contribution in [0.15, 0.2) is 34.3 Å². The van der Waals surface area contributed by atoms with Crippen molar-refractivity contribution in [2.75, 3.05) is 67.0 Å². The van der Waals surface area contributed by atoms with Crippen LogP contribution >= 0.6 is 34.0 Å². The molecule has 4 aliphatic heterocycles. The lowest BCUT2D eigenvalue weighted by Gasteiger charge is -2.30. The van der Waals surface area contributed by atoms with Crippen LogP contribution in [-0.4, -0.2) is 106 Å². The van der Waals surface area contributed by atoms with E-state index in [9.17, 15) is 14.4 Å². The van der Waals surface area contributed by atoms with Crippen LogP contribution in [0.1, 0.15) is 146 Å². The second-order valence-electron chi connectivity index (χ2n) is 18.4. The molecule has 13 heteroatoms. The van der Waals surface area contributed by atoms with Crippen LogP contribution in [0.5, 0.6) is 0 Å². The quantitative estimate of drug-likeness (QED) is 0.185. The van der Waals surface area contributed by atoms with Crippen molar-refractivity contribution in [1.82, 2.24) is 30.7 Å². The van der Waals surface area contributed by atoms with Crippen LogP contribution in [0, 0.1) is 11.8 Å². The van der Waals surface area contributed by atoms with Crippen molar-refractivity contribution >= 4 is 51.7 Å². The number of nitrogens with one attached hydrogen (secondary N) is 3. The number of likely N-dealkylation sites (N-methyl/N-ethyl adjacent to an activating group) is 3. The van der Waals surface area contributed by atoms with Gasteiger partial charge in [-0.2, -0.15) is 0 Å². The first-order chi connectivity index (χ1) is 30.4. The van der Waals surface area contributed by atoms with Crippen LogP contribution in [0.2, 0.25) is 0 Å². The predicted octanol–water partition coefficient (Wildman–Crippen LogP) is 8.69. The van der Waals surface area contributed by atoms with Gasteiger partial charge in [0.25, 0.3) is 0 Å². The van der Waals surface area contributed by atoms with Crippen LogP contribution in [0.25, 0.3) is 0 Å². The topological polar surface area (TPSA) is 106 Å². The van der Waals surface area contributed by atoms with Gasteiger partial charge in [0, 0.05) is 60.5 Å². The van der Waals surface area contributed by atoms with E-state index >= 15 is 0 Å². The Kier molecular flexibility index (Phi) is 18.3. The number of nitrogens with zero attached hydrogens (tertiary/aromatic N) is 3. The van der Waals surface area contributed by atoms with Crippen LogP contribution < -0.4 is 16.0 Å². The van der Waals surface area contributed by atoms with Gasteiger partial charge in [-0.1, -0.05) is 57.8 Å². The van der Waals surface area contributed by atoms with E-state index in [1.54, 1.807) is 34.0 Å². The first kappa shape index (κ1) is 47.3. The Balaban J connectivity index is 0.000000140. The Bertz CT molecular complexity index is 1750. The summed E-state index contributed by atoms with van der Waals surface area (Å²) in [6.07, 6.45) is 22.6. The lowest BCUT2D eigenvalue weighted by molar-refractivity contribution is -0.135. The summed E-state index contributed by atoms with van der Waals surface area (Å²) in [5, 5.41) is 16.0. The average molecular weight is 907 g/mol. The standard InChI is InChI=1S/C17H26N2OS.C16H24N2O2S.C16H24N2OS/c1-18-15-16-14(9-11-21-16)8-10-19(17(15)20)12-13-6-4-2-3-5-7-13;1-17-14-15-12(7-10-21-15)6-8-18(16(14)19)11-13-5-3-2-4-9-20-13;1-17-14-15-13(8-10-20-15)7-9-18(16(14)19)11-12-5-3-2-4-6-12/h9,11,13,15,18H,2-8,10,12H2,1H3;7,10,13-14,17H,2-6,8-9,11H2,1H3;8,10,12,14,17H,2-7,9,11H2,1H3. The lowest BCUT2D eigenvalue weighted by atomic mass is 9.89. The highest BCUT2D eigenvalue weighted by molar-refractivity contribution is 7.10. The molecule has 62 heavy (non-hydrogen) atoms. The molecule has 3 aromatic heterocycles. The second kappa shape index (κ2) is 24.0. The molecule has 9 rings (SSSR count). The third-order valence-corrected chi connectivity index (χ3v) is 17.3. The summed E-state index contributed by atoms with van der Waals surface area (Å²) in [4.78, 5) is 48.3. The third kappa shape index (κ3) is 12.2. The number of rotatable bonds is 9. The fourth-order valence-electron chi connectivity index (χ4n) is 10.6. The molecular formula is C49H74N6O4S3. The number of carbonyl (C=O) groups excluding carboxylic acids is 3. The highest BCUT2D eigenvalue weighted by Crippen LogP contribution is 2.34. The maximum atomic E-state index is 12.9. The zero-order valence-electron chi connectivity index (χ0n) is 37.8. The van der Waals surface area contributed by atoms with E-state index in [4.69, 9.17) is 4.74 Å². The van der Waals surface area contributed by atoms with E-state index in [2.05, 4.69) is 60.1 Å². The fourth-order valence-corrected chi connectivity index (χ4v) is 13.8. The Morgan fingerprint density at radius 1 is 0.500 bits per heavy atom. The summed E-state index contributed by atoms with van der Waals surface area (Å²) in [5.41, 5.74) is 4.03. The highest BCUT2D eigenvalue weighted by atomic mass is 32.1. The molecule has 2 aliphatic carbocycles. The van der Waals surface area contributed by atoms with Crippen molar-refractivity contribution in [3.05, 3.63) is 65.7 Å². The van der Waals surface area contributed by atoms with Gasteiger partial charge in [0.05, 0.1) is 6.10 Å². The van der Waals surface area contributed by atoms with Crippen LogP contribution in [-0.2, 0) is 38.4 Å². The lowest BCUT2D eigenvalue weighted by Crippen LogP contribution is -2.43. The largest absolute Gasteiger partial charge is 0.376 e. The molecule has 0 aromatic carbocycles. The molecule has 3 fully saturated rings. The number of hydrogen-bond donors (Lipinski definition) is 3. The Hall–Kier alpha value is -2.65. The third-order valence-electron chi connectivity index (χ3n) is 14.2. The molecule has 4 unspecified atom stereocenters. The Labute approximate surface area is 383 Å². The minimum atomic E-state index is -0.187. The van der Waals surface area contributed by atoms with E-state index in [1.807, 2.05) is 26.0 Å². The molecule has 3 amide bonds. The second-order valence-corrected chi connectivity index (χ2v) is 21.2. The fraction of sp³-hybridized carbons (Fsp3) is 0.694. The van der Waals surface area contributed by atoms with E-state index < -0.39 is 0 Å². The van der Waals surface area contributed by atoms with Gasteiger partial charge in [0.2, 0.25) is 17.7 Å². The summed E-state index contributed by atoms with van der Waals surface area (Å²) in [6.45, 7) is 6.09. The van der Waals surface area contributed by atoms with Crippen LogP contribution in [0.3, 0.4) is 0 Å². The Morgan fingerprint density at radius 3 is 1.26 bits per heavy atom. The van der Waals surface area contributed by atoms with E-state index in [-0.39, 0.29) is 42.0 Å². The number of hydrogen-bond acceptors (Lipinski definition) is 10. The molecule has 4 atom stereocenters. The molecule has 1 saturated heterocycles. The van der Waals surface area contributed by atoms with Gasteiger partial charge in [0.15, 0.2) is 0 Å². The Morgan fingerprint density at radius 2 is 0.855 bits per heavy atom. The summed E-state index contributed by atoms with van der Waals surface area (Å²) in [7, 11) is 5.68. The number of amides is 3. The molecule has 342 valence electrons. The predicted molar refractivity (Wildman–Crippen MR) is 255 cm³/mol. The van der Waals surface area contributed by atoms with E-state index in [1.165, 1.54) is 115 Å². The van der Waals surface area contributed by atoms with Gasteiger partial charge >= 0.3 is 0 Å². The van der Waals surface area contributed by atoms with Gasteiger partial charge in [-0.3, -0.25) is 14.4 Å². The van der Waals surface area contributed by atoms with Gasteiger partial charge in [-0.15, -0.1) is 34.0 Å². The smallest absolute Gasteiger partial charge is 0.245 e. The van der Waals surface area contributed by atoms with Crippen molar-refractivity contribution in [3.8, 4) is 0 Å². The molecule has 3 N–H and O–H groups in total. The van der Waals surface area contributed by atoms with Crippen molar-refractivity contribution < 1.29 is 19.1 Å². The van der Waals surface area contributed by atoms with Crippen LogP contribution in [0.4, 0.5) is 0 Å². The molecular weight excluding hydrogens is 833 g/mol. The molecule has 0 radical (unpaired) electrons. The summed E-state index contributed by atoms with van der Waals surface area (Å²) in [6, 6.07) is 6.08. The molecule has 2 saturated carbocycles. The SMILES string of the molecule is CNC1C(=O)N(CC2CCCCC2)CCc2ccsc21.CNC1C(=O)N(CC2CCCCCC2)CCc2ccsc21.CNC1C(=O)N(CC2CCCCCO2)CCc2ccsc21. The molecule has 7 heterocycles. The number of carbonyl (C=O) groups is 3. The zero-order chi connectivity index (χ0) is 43.3. The maximum Gasteiger partial charge on any atom is 0.245 e. The number of thiophene rings is 3. The van der Waals surface area contributed by atoms with Gasteiger partial charge in [-0.25, -0.2) is 0 Å². The molecule has 10 nitrogen and oxygen atoms in total. The minimum absolute atomic E-state index is 0.129. The van der Waals surface area contributed by atoms with Crippen molar-refractivity contribution in [2.45, 2.75) is 140 Å². The van der Waals surface area contributed by atoms with Crippen molar-refractivity contribution in [2.24, 2.45) is 11.8 Å².